The number of aromatic amines is 1. The largest absolute Gasteiger partial charge is 0.356 e. The quantitative estimate of drug-likeness (QED) is 0.377. The van der Waals surface area contributed by atoms with Gasteiger partial charge in [-0.25, -0.2) is 0 Å². The molecular formula is C23H25N5OS2. The van der Waals surface area contributed by atoms with Crippen molar-refractivity contribution >= 4 is 29.5 Å². The molecule has 0 spiro atoms. The van der Waals surface area contributed by atoms with E-state index in [0.717, 1.165) is 22.8 Å². The number of nitrogens with zero attached hydrogens (tertiary/aromatic N) is 3. The molecule has 1 aromatic carbocycles. The molecule has 6 nitrogen and oxygen atoms in total. The topological polar surface area (TPSA) is 67.6 Å². The lowest BCUT2D eigenvalue weighted by Crippen LogP contribution is -2.26. The number of para-hydroxylation sites is 1. The van der Waals surface area contributed by atoms with Crippen LogP contribution in [0.1, 0.15) is 23.4 Å². The van der Waals surface area contributed by atoms with Crippen LogP contribution < -0.4 is 5.32 Å². The third-order valence-electron chi connectivity index (χ3n) is 5.33. The number of aromatic nitrogens is 4. The summed E-state index contributed by atoms with van der Waals surface area (Å²) in [6, 6.07) is 16.5. The summed E-state index contributed by atoms with van der Waals surface area (Å²) in [4.78, 5) is 13.5. The van der Waals surface area contributed by atoms with Crippen molar-refractivity contribution in [2.75, 3.05) is 6.54 Å². The Morgan fingerprint density at radius 1 is 1.19 bits per heavy atom. The molecule has 0 fully saturated rings. The molecule has 3 aromatic heterocycles. The number of hydrogen-bond acceptors (Lipinski definition) is 4. The standard InChI is InChI=1S/C23H25N5OS2/c1-16-15-18(17(2)28(16)19-7-4-3-5-8-19)10-12-24-21(29)11-13-27-22(25-26-23(27)30)20-9-6-14-31-20/h3-9,14-15H,10-13H2,1-2H3,(H,24,29)(H,26,30). The number of benzene rings is 1. The van der Waals surface area contributed by atoms with Crippen molar-refractivity contribution in [1.82, 2.24) is 24.6 Å². The van der Waals surface area contributed by atoms with Gasteiger partial charge in [-0.05, 0) is 67.7 Å². The molecule has 160 valence electrons. The second-order valence-corrected chi connectivity index (χ2v) is 8.73. The molecule has 0 saturated carbocycles. The first-order valence-electron chi connectivity index (χ1n) is 10.2. The second-order valence-electron chi connectivity index (χ2n) is 7.40. The van der Waals surface area contributed by atoms with Crippen LogP contribution in [0.2, 0.25) is 0 Å². The molecule has 0 radical (unpaired) electrons. The fraction of sp³-hybridized carbons (Fsp3) is 0.261. The molecule has 3 heterocycles. The zero-order valence-electron chi connectivity index (χ0n) is 17.6. The molecule has 31 heavy (non-hydrogen) atoms. The number of rotatable bonds is 8. The van der Waals surface area contributed by atoms with E-state index in [1.807, 2.05) is 40.3 Å². The Kier molecular flexibility index (Phi) is 6.48. The van der Waals surface area contributed by atoms with Gasteiger partial charge in [0, 0.05) is 36.6 Å². The third kappa shape index (κ3) is 4.70. The van der Waals surface area contributed by atoms with Gasteiger partial charge in [0.1, 0.15) is 0 Å². The van der Waals surface area contributed by atoms with Crippen molar-refractivity contribution in [2.45, 2.75) is 33.2 Å². The van der Waals surface area contributed by atoms with Gasteiger partial charge in [-0.1, -0.05) is 24.3 Å². The minimum Gasteiger partial charge on any atom is -0.356 e. The van der Waals surface area contributed by atoms with E-state index in [2.05, 4.69) is 52.1 Å². The van der Waals surface area contributed by atoms with Gasteiger partial charge >= 0.3 is 0 Å². The lowest BCUT2D eigenvalue weighted by molar-refractivity contribution is -0.121. The summed E-state index contributed by atoms with van der Waals surface area (Å²) in [7, 11) is 0. The highest BCUT2D eigenvalue weighted by Gasteiger charge is 2.13. The van der Waals surface area contributed by atoms with E-state index in [-0.39, 0.29) is 5.91 Å². The van der Waals surface area contributed by atoms with Crippen LogP contribution in [0.5, 0.6) is 0 Å². The molecular weight excluding hydrogens is 426 g/mol. The molecule has 0 aliphatic carbocycles. The van der Waals surface area contributed by atoms with Crippen molar-refractivity contribution in [3.05, 3.63) is 75.6 Å². The van der Waals surface area contributed by atoms with Crippen molar-refractivity contribution in [2.24, 2.45) is 0 Å². The zero-order valence-corrected chi connectivity index (χ0v) is 19.2. The minimum atomic E-state index is 0.0112. The SMILES string of the molecule is Cc1cc(CCNC(=O)CCn2c(-c3cccs3)n[nH]c2=S)c(C)n1-c1ccccc1. The average molecular weight is 452 g/mol. The van der Waals surface area contributed by atoms with Gasteiger partial charge in [-0.2, -0.15) is 5.10 Å². The van der Waals surface area contributed by atoms with E-state index in [1.165, 1.54) is 17.0 Å². The van der Waals surface area contributed by atoms with E-state index >= 15 is 0 Å². The van der Waals surface area contributed by atoms with Gasteiger partial charge in [0.2, 0.25) is 5.91 Å². The van der Waals surface area contributed by atoms with Crippen LogP contribution in [0.3, 0.4) is 0 Å². The van der Waals surface area contributed by atoms with Crippen molar-refractivity contribution < 1.29 is 4.79 Å². The van der Waals surface area contributed by atoms with Crippen LogP contribution in [0.25, 0.3) is 16.4 Å². The zero-order chi connectivity index (χ0) is 21.8. The smallest absolute Gasteiger partial charge is 0.221 e. The molecule has 2 N–H and O–H groups in total. The highest BCUT2D eigenvalue weighted by molar-refractivity contribution is 7.71. The Hall–Kier alpha value is -2.97. The van der Waals surface area contributed by atoms with Crippen LogP contribution in [-0.4, -0.2) is 31.8 Å². The molecule has 0 aliphatic rings. The number of amides is 1. The van der Waals surface area contributed by atoms with Crippen LogP contribution in [0, 0.1) is 18.6 Å². The fourth-order valence-corrected chi connectivity index (χ4v) is 4.76. The normalized spacial score (nSPS) is 11.0. The van der Waals surface area contributed by atoms with Crippen molar-refractivity contribution in [3.63, 3.8) is 0 Å². The molecule has 4 rings (SSSR count). The van der Waals surface area contributed by atoms with Crippen molar-refractivity contribution in [1.29, 1.82) is 0 Å². The number of carbonyl (C=O) groups excluding carboxylic acids is 1. The van der Waals surface area contributed by atoms with E-state index in [9.17, 15) is 4.79 Å². The highest BCUT2D eigenvalue weighted by atomic mass is 32.1. The minimum absolute atomic E-state index is 0.0112. The second kappa shape index (κ2) is 9.45. The molecule has 8 heteroatoms. The molecule has 0 atom stereocenters. The maximum atomic E-state index is 12.4. The fourth-order valence-electron chi connectivity index (χ4n) is 3.81. The summed E-state index contributed by atoms with van der Waals surface area (Å²) in [5, 5.41) is 12.2. The summed E-state index contributed by atoms with van der Waals surface area (Å²) in [6.07, 6.45) is 1.15. The van der Waals surface area contributed by atoms with Gasteiger partial charge in [0.05, 0.1) is 4.88 Å². The predicted octanol–water partition coefficient (Wildman–Crippen LogP) is 4.83. The van der Waals surface area contributed by atoms with E-state index < -0.39 is 0 Å². The number of nitrogens with one attached hydrogen (secondary N) is 2. The maximum Gasteiger partial charge on any atom is 0.221 e. The summed E-state index contributed by atoms with van der Waals surface area (Å²) in [5.74, 6) is 0.790. The Morgan fingerprint density at radius 2 is 2.00 bits per heavy atom. The first kappa shape index (κ1) is 21.3. The Balaban J connectivity index is 1.33. The third-order valence-corrected chi connectivity index (χ3v) is 6.51. The number of aryl methyl sites for hydroxylation is 1. The molecule has 0 unspecified atom stereocenters. The van der Waals surface area contributed by atoms with E-state index in [0.29, 0.717) is 24.3 Å². The highest BCUT2D eigenvalue weighted by Crippen LogP contribution is 2.23. The Labute approximate surface area is 190 Å². The molecule has 0 bridgehead atoms. The number of thiophene rings is 1. The first-order chi connectivity index (χ1) is 15.0. The van der Waals surface area contributed by atoms with E-state index in [1.54, 1.807) is 11.3 Å². The molecule has 1 amide bonds. The molecule has 4 aromatic rings. The van der Waals surface area contributed by atoms with Crippen LogP contribution in [0.4, 0.5) is 0 Å². The summed E-state index contributed by atoms with van der Waals surface area (Å²) < 4.78 is 4.67. The monoisotopic (exact) mass is 451 g/mol. The van der Waals surface area contributed by atoms with E-state index in [4.69, 9.17) is 12.2 Å². The van der Waals surface area contributed by atoms with Crippen LogP contribution in [-0.2, 0) is 17.8 Å². The molecule has 0 saturated heterocycles. The number of carbonyl (C=O) groups is 1. The first-order valence-corrected chi connectivity index (χ1v) is 11.5. The maximum absolute atomic E-state index is 12.4. The lowest BCUT2D eigenvalue weighted by atomic mass is 10.2. The summed E-state index contributed by atoms with van der Waals surface area (Å²) in [6.45, 7) is 5.34. The number of H-pyrrole nitrogens is 1. The molecule has 0 aliphatic heterocycles. The van der Waals surface area contributed by atoms with Gasteiger partial charge in [-0.3, -0.25) is 14.5 Å². The van der Waals surface area contributed by atoms with Crippen LogP contribution >= 0.6 is 23.6 Å². The van der Waals surface area contributed by atoms with Crippen LogP contribution in [0.15, 0.2) is 53.9 Å². The van der Waals surface area contributed by atoms with Gasteiger partial charge in [0.25, 0.3) is 0 Å². The summed E-state index contributed by atoms with van der Waals surface area (Å²) in [5.41, 5.74) is 4.81. The van der Waals surface area contributed by atoms with Gasteiger partial charge in [-0.15, -0.1) is 11.3 Å². The number of hydrogen-bond donors (Lipinski definition) is 2. The van der Waals surface area contributed by atoms with Crippen molar-refractivity contribution in [3.8, 4) is 16.4 Å². The Bertz CT molecular complexity index is 1220. The summed E-state index contributed by atoms with van der Waals surface area (Å²) >= 11 is 6.93. The predicted molar refractivity (Wildman–Crippen MR) is 127 cm³/mol. The average Bonchev–Trinajstić information content (AvgIpc) is 3.47. The Morgan fingerprint density at radius 3 is 2.74 bits per heavy atom. The van der Waals surface area contributed by atoms with Gasteiger partial charge in [0.15, 0.2) is 10.6 Å². The lowest BCUT2D eigenvalue weighted by Gasteiger charge is -2.10. The van der Waals surface area contributed by atoms with Gasteiger partial charge < -0.3 is 9.88 Å².